The molecule has 0 saturated carbocycles. The lowest BCUT2D eigenvalue weighted by atomic mass is 9.95. The number of benzene rings is 2. The van der Waals surface area contributed by atoms with Crippen LogP contribution in [-0.2, 0) is 9.53 Å². The number of anilines is 1. The summed E-state index contributed by atoms with van der Waals surface area (Å²) in [5, 5.41) is 6.57. The summed E-state index contributed by atoms with van der Waals surface area (Å²) in [7, 11) is 4.83. The van der Waals surface area contributed by atoms with Crippen LogP contribution >= 0.6 is 12.2 Å². The van der Waals surface area contributed by atoms with Gasteiger partial charge in [-0.3, -0.25) is 4.79 Å². The number of carbonyl (C=O) groups is 2. The minimum absolute atomic E-state index is 0.260. The van der Waals surface area contributed by atoms with E-state index in [0.717, 1.165) is 5.56 Å². The third kappa shape index (κ3) is 5.09. The molecule has 9 heteroatoms. The van der Waals surface area contributed by atoms with Gasteiger partial charge in [0.1, 0.15) is 11.5 Å². The van der Waals surface area contributed by atoms with Gasteiger partial charge in [0.05, 0.1) is 38.0 Å². The molecule has 1 heterocycles. The van der Waals surface area contributed by atoms with Crippen molar-refractivity contribution < 1.29 is 23.8 Å². The molecule has 2 aromatic rings. The van der Waals surface area contributed by atoms with Gasteiger partial charge in [-0.15, -0.1) is 0 Å². The molecule has 1 aliphatic heterocycles. The number of esters is 1. The standard InChI is InChI=1S/C24H27N3O5S/c1-6-32-23(29)20-14(2)27(3)24(33)26-21(20)15-8-7-9-16(12-15)25-22(28)18-11-10-17(30-4)13-19(18)31-5/h7-13,21H,6H2,1-5H3,(H,25,28)(H,26,33). The number of thiocarbonyl (C=S) groups is 1. The Labute approximate surface area is 198 Å². The Morgan fingerprint density at radius 1 is 1.15 bits per heavy atom. The van der Waals surface area contributed by atoms with Gasteiger partial charge in [-0.2, -0.15) is 0 Å². The molecular formula is C24H27N3O5S. The second-order valence-electron chi connectivity index (χ2n) is 7.31. The molecule has 0 bridgehead atoms. The van der Waals surface area contributed by atoms with Crippen LogP contribution in [0.1, 0.15) is 35.8 Å². The quantitative estimate of drug-likeness (QED) is 0.469. The normalized spacial score (nSPS) is 15.6. The summed E-state index contributed by atoms with van der Waals surface area (Å²) in [5.41, 5.74) is 2.85. The Bertz CT molecular complexity index is 1120. The van der Waals surface area contributed by atoms with Gasteiger partial charge in [-0.1, -0.05) is 12.1 Å². The Morgan fingerprint density at radius 2 is 1.91 bits per heavy atom. The molecule has 0 aliphatic carbocycles. The van der Waals surface area contributed by atoms with E-state index in [1.807, 2.05) is 13.0 Å². The highest BCUT2D eigenvalue weighted by atomic mass is 32.1. The van der Waals surface area contributed by atoms with E-state index in [0.29, 0.717) is 39.1 Å². The van der Waals surface area contributed by atoms with Gasteiger partial charge in [-0.25, -0.2) is 4.79 Å². The summed E-state index contributed by atoms with van der Waals surface area (Å²) in [6.07, 6.45) is 0. The first-order valence-electron chi connectivity index (χ1n) is 10.4. The van der Waals surface area contributed by atoms with E-state index in [-0.39, 0.29) is 12.5 Å². The number of nitrogens with zero attached hydrogens (tertiary/aromatic N) is 1. The third-order valence-electron chi connectivity index (χ3n) is 5.38. The highest BCUT2D eigenvalue weighted by Crippen LogP contribution is 2.32. The first-order chi connectivity index (χ1) is 15.8. The number of amides is 1. The van der Waals surface area contributed by atoms with Crippen LogP contribution < -0.4 is 20.1 Å². The molecule has 2 aromatic carbocycles. The van der Waals surface area contributed by atoms with Gasteiger partial charge in [0, 0.05) is 24.5 Å². The minimum Gasteiger partial charge on any atom is -0.497 e. The molecule has 2 N–H and O–H groups in total. The summed E-state index contributed by atoms with van der Waals surface area (Å²) >= 11 is 5.44. The average molecular weight is 470 g/mol. The second kappa shape index (κ2) is 10.4. The Balaban J connectivity index is 1.92. The number of methoxy groups -OCH3 is 2. The van der Waals surface area contributed by atoms with Crippen LogP contribution in [-0.4, -0.2) is 49.8 Å². The van der Waals surface area contributed by atoms with Crippen LogP contribution in [0.25, 0.3) is 0 Å². The molecule has 0 saturated heterocycles. The van der Waals surface area contributed by atoms with Crippen LogP contribution in [0, 0.1) is 0 Å². The van der Waals surface area contributed by atoms with E-state index in [1.54, 1.807) is 62.4 Å². The monoisotopic (exact) mass is 469 g/mol. The number of carbonyl (C=O) groups excluding carboxylic acids is 2. The lowest BCUT2D eigenvalue weighted by molar-refractivity contribution is -0.139. The van der Waals surface area contributed by atoms with E-state index in [1.165, 1.54) is 7.11 Å². The topological polar surface area (TPSA) is 89.1 Å². The van der Waals surface area contributed by atoms with Gasteiger partial charge in [0.25, 0.3) is 5.91 Å². The van der Waals surface area contributed by atoms with E-state index in [4.69, 9.17) is 26.4 Å². The van der Waals surface area contributed by atoms with E-state index in [2.05, 4.69) is 10.6 Å². The van der Waals surface area contributed by atoms with Gasteiger partial charge in [0.15, 0.2) is 5.11 Å². The number of hydrogen-bond donors (Lipinski definition) is 2. The summed E-state index contributed by atoms with van der Waals surface area (Å²) in [6.45, 7) is 3.85. The minimum atomic E-state index is -0.514. The fourth-order valence-corrected chi connectivity index (χ4v) is 3.79. The fraction of sp³-hybridized carbons (Fsp3) is 0.292. The molecular weight excluding hydrogens is 442 g/mol. The maximum atomic E-state index is 12.9. The Hall–Kier alpha value is -3.59. The number of hydrogen-bond acceptors (Lipinski definition) is 6. The van der Waals surface area contributed by atoms with Crippen LogP contribution in [0.5, 0.6) is 11.5 Å². The molecule has 8 nitrogen and oxygen atoms in total. The van der Waals surface area contributed by atoms with E-state index in [9.17, 15) is 9.59 Å². The smallest absolute Gasteiger partial charge is 0.338 e. The molecule has 1 unspecified atom stereocenters. The summed E-state index contributed by atoms with van der Waals surface area (Å²) in [4.78, 5) is 27.4. The largest absolute Gasteiger partial charge is 0.497 e. The Morgan fingerprint density at radius 3 is 2.58 bits per heavy atom. The molecule has 1 amide bonds. The lowest BCUT2D eigenvalue weighted by Gasteiger charge is -2.35. The molecule has 1 atom stereocenters. The van der Waals surface area contributed by atoms with Crippen molar-refractivity contribution in [1.29, 1.82) is 0 Å². The van der Waals surface area contributed by atoms with Crippen LogP contribution in [0.15, 0.2) is 53.7 Å². The van der Waals surface area contributed by atoms with Gasteiger partial charge in [-0.05, 0) is 55.9 Å². The molecule has 0 radical (unpaired) electrons. The Kier molecular flexibility index (Phi) is 7.55. The molecule has 1 aliphatic rings. The zero-order chi connectivity index (χ0) is 24.1. The number of allylic oxidation sites excluding steroid dienone is 1. The SMILES string of the molecule is CCOC(=O)C1=C(C)N(C)C(=S)NC1c1cccc(NC(=O)c2ccc(OC)cc2OC)c1. The van der Waals surface area contributed by atoms with Gasteiger partial charge >= 0.3 is 5.97 Å². The van der Waals surface area contributed by atoms with Crippen molar-refractivity contribution in [2.45, 2.75) is 19.9 Å². The first-order valence-corrected chi connectivity index (χ1v) is 10.8. The van der Waals surface area contributed by atoms with E-state index < -0.39 is 12.0 Å². The maximum absolute atomic E-state index is 12.9. The summed E-state index contributed by atoms with van der Waals surface area (Å²) in [5.74, 6) is 0.229. The predicted octanol–water partition coefficient (Wildman–Crippen LogP) is 3.65. The molecule has 0 spiro atoms. The van der Waals surface area contributed by atoms with Crippen molar-refractivity contribution in [3.8, 4) is 11.5 Å². The van der Waals surface area contributed by atoms with Crippen molar-refractivity contribution in [1.82, 2.24) is 10.2 Å². The van der Waals surface area contributed by atoms with Crippen molar-refractivity contribution >= 4 is 34.9 Å². The van der Waals surface area contributed by atoms with Crippen molar-refractivity contribution in [3.63, 3.8) is 0 Å². The molecule has 33 heavy (non-hydrogen) atoms. The number of rotatable bonds is 7. The molecule has 0 aromatic heterocycles. The third-order valence-corrected chi connectivity index (χ3v) is 5.77. The predicted molar refractivity (Wildman–Crippen MR) is 130 cm³/mol. The van der Waals surface area contributed by atoms with Crippen LogP contribution in [0.4, 0.5) is 5.69 Å². The number of ether oxygens (including phenoxy) is 3. The summed E-state index contributed by atoms with van der Waals surface area (Å²) < 4.78 is 15.8. The van der Waals surface area contributed by atoms with Crippen LogP contribution in [0.3, 0.4) is 0 Å². The summed E-state index contributed by atoms with van der Waals surface area (Å²) in [6, 6.07) is 11.7. The fourth-order valence-electron chi connectivity index (χ4n) is 3.54. The van der Waals surface area contributed by atoms with E-state index >= 15 is 0 Å². The molecule has 3 rings (SSSR count). The highest BCUT2D eigenvalue weighted by Gasteiger charge is 2.33. The second-order valence-corrected chi connectivity index (χ2v) is 7.69. The maximum Gasteiger partial charge on any atom is 0.338 e. The molecule has 174 valence electrons. The lowest BCUT2D eigenvalue weighted by Crippen LogP contribution is -2.46. The zero-order valence-electron chi connectivity index (χ0n) is 19.2. The van der Waals surface area contributed by atoms with Gasteiger partial charge in [0.2, 0.25) is 0 Å². The van der Waals surface area contributed by atoms with Gasteiger partial charge < -0.3 is 29.7 Å². The van der Waals surface area contributed by atoms with Crippen molar-refractivity contribution in [2.75, 3.05) is 33.2 Å². The zero-order valence-corrected chi connectivity index (χ0v) is 20.0. The van der Waals surface area contributed by atoms with Crippen molar-refractivity contribution in [3.05, 3.63) is 64.9 Å². The number of nitrogens with one attached hydrogen (secondary N) is 2. The highest BCUT2D eigenvalue weighted by molar-refractivity contribution is 7.80. The molecule has 0 fully saturated rings. The first kappa shape index (κ1) is 24.1. The average Bonchev–Trinajstić information content (AvgIpc) is 2.82. The van der Waals surface area contributed by atoms with Crippen LogP contribution in [0.2, 0.25) is 0 Å². The van der Waals surface area contributed by atoms with Crippen molar-refractivity contribution in [2.24, 2.45) is 0 Å².